The molecule has 0 atom stereocenters. The zero-order valence-electron chi connectivity index (χ0n) is 14.6. The molecule has 0 bridgehead atoms. The SMILES string of the molecule is O=C(O)CCCN1C(=O)/C(=C/c2cccnc2Sc2ccccc2O)SC1=S. The van der Waals surface area contributed by atoms with Gasteiger partial charge < -0.3 is 10.2 Å². The van der Waals surface area contributed by atoms with Gasteiger partial charge in [0.2, 0.25) is 0 Å². The fourth-order valence-corrected chi connectivity index (χ4v) is 4.65. The van der Waals surface area contributed by atoms with Gasteiger partial charge in [-0.05, 0) is 30.7 Å². The predicted molar refractivity (Wildman–Crippen MR) is 113 cm³/mol. The van der Waals surface area contributed by atoms with E-state index in [0.29, 0.717) is 25.6 Å². The van der Waals surface area contributed by atoms with E-state index in [4.69, 9.17) is 17.3 Å². The number of benzene rings is 1. The molecule has 3 rings (SSSR count). The summed E-state index contributed by atoms with van der Waals surface area (Å²) in [6.45, 7) is 0.279. The lowest BCUT2D eigenvalue weighted by molar-refractivity contribution is -0.137. The number of thioether (sulfide) groups is 1. The van der Waals surface area contributed by atoms with Crippen LogP contribution in [0.15, 0.2) is 57.4 Å². The van der Waals surface area contributed by atoms with Crippen LogP contribution in [0.1, 0.15) is 18.4 Å². The van der Waals surface area contributed by atoms with Crippen LogP contribution in [-0.2, 0) is 9.59 Å². The average molecular weight is 433 g/mol. The van der Waals surface area contributed by atoms with E-state index in [2.05, 4.69) is 4.98 Å². The van der Waals surface area contributed by atoms with Crippen LogP contribution in [0.4, 0.5) is 0 Å². The molecule has 1 fully saturated rings. The number of aliphatic carboxylic acids is 1. The molecule has 1 saturated heterocycles. The molecular formula is C19H16N2O4S3. The Labute approximate surface area is 175 Å². The van der Waals surface area contributed by atoms with Crippen molar-refractivity contribution in [2.45, 2.75) is 22.8 Å². The van der Waals surface area contributed by atoms with Crippen LogP contribution in [-0.4, -0.2) is 42.8 Å². The molecular weight excluding hydrogens is 416 g/mol. The molecule has 0 unspecified atom stereocenters. The number of carbonyl (C=O) groups excluding carboxylic acids is 1. The second-order valence-electron chi connectivity index (χ2n) is 5.80. The molecule has 0 radical (unpaired) electrons. The normalized spacial score (nSPS) is 15.4. The number of hydrogen-bond donors (Lipinski definition) is 2. The molecule has 0 aliphatic carbocycles. The summed E-state index contributed by atoms with van der Waals surface area (Å²) in [6, 6.07) is 10.6. The van der Waals surface area contributed by atoms with Crippen molar-refractivity contribution >= 4 is 58.0 Å². The van der Waals surface area contributed by atoms with E-state index in [1.165, 1.54) is 28.4 Å². The van der Waals surface area contributed by atoms with E-state index in [1.54, 1.807) is 36.5 Å². The average Bonchev–Trinajstić information content (AvgIpc) is 2.92. The van der Waals surface area contributed by atoms with Gasteiger partial charge >= 0.3 is 5.97 Å². The second-order valence-corrected chi connectivity index (χ2v) is 8.50. The predicted octanol–water partition coefficient (Wildman–Crippen LogP) is 4.00. The van der Waals surface area contributed by atoms with Gasteiger partial charge in [0.15, 0.2) is 0 Å². The molecule has 2 N–H and O–H groups in total. The van der Waals surface area contributed by atoms with Crippen LogP contribution in [0.3, 0.4) is 0 Å². The van der Waals surface area contributed by atoms with Gasteiger partial charge in [0.25, 0.3) is 5.91 Å². The van der Waals surface area contributed by atoms with E-state index in [0.717, 1.165) is 5.56 Å². The van der Waals surface area contributed by atoms with E-state index in [1.807, 2.05) is 12.1 Å². The molecule has 2 aromatic rings. The third kappa shape index (κ3) is 4.92. The van der Waals surface area contributed by atoms with Crippen molar-refractivity contribution in [3.63, 3.8) is 0 Å². The number of rotatable bonds is 7. The first kappa shape index (κ1) is 20.4. The summed E-state index contributed by atoms with van der Waals surface area (Å²) in [5.41, 5.74) is 0.738. The molecule has 28 heavy (non-hydrogen) atoms. The van der Waals surface area contributed by atoms with Gasteiger partial charge in [0.1, 0.15) is 15.1 Å². The van der Waals surface area contributed by atoms with Crippen molar-refractivity contribution in [2.75, 3.05) is 6.54 Å². The number of thiocarbonyl (C=S) groups is 1. The van der Waals surface area contributed by atoms with Crippen molar-refractivity contribution in [2.24, 2.45) is 0 Å². The van der Waals surface area contributed by atoms with Crippen molar-refractivity contribution in [3.05, 3.63) is 53.1 Å². The van der Waals surface area contributed by atoms with Crippen molar-refractivity contribution < 1.29 is 19.8 Å². The Balaban J connectivity index is 1.80. The highest BCUT2D eigenvalue weighted by Crippen LogP contribution is 2.37. The summed E-state index contributed by atoms with van der Waals surface area (Å²) in [5.74, 6) is -0.973. The van der Waals surface area contributed by atoms with Gasteiger partial charge in [0.05, 0.1) is 9.80 Å². The van der Waals surface area contributed by atoms with E-state index < -0.39 is 5.97 Å². The van der Waals surface area contributed by atoms with Gasteiger partial charge in [-0.1, -0.05) is 53.9 Å². The number of aromatic hydroxyl groups is 1. The highest BCUT2D eigenvalue weighted by atomic mass is 32.2. The number of phenols is 1. The second kappa shape index (κ2) is 9.22. The lowest BCUT2D eigenvalue weighted by atomic mass is 10.2. The Morgan fingerprint density at radius 1 is 1.29 bits per heavy atom. The Hall–Kier alpha value is -2.36. The molecule has 6 nitrogen and oxygen atoms in total. The van der Waals surface area contributed by atoms with Gasteiger partial charge in [-0.2, -0.15) is 0 Å². The lowest BCUT2D eigenvalue weighted by Crippen LogP contribution is -2.29. The smallest absolute Gasteiger partial charge is 0.303 e. The molecule has 2 heterocycles. The number of phenolic OH excluding ortho intramolecular Hbond substituents is 1. The number of nitrogens with zero attached hydrogens (tertiary/aromatic N) is 2. The van der Waals surface area contributed by atoms with Crippen LogP contribution in [0.5, 0.6) is 5.75 Å². The highest BCUT2D eigenvalue weighted by molar-refractivity contribution is 8.26. The molecule has 1 aromatic heterocycles. The fraction of sp³-hybridized carbons (Fsp3) is 0.158. The zero-order chi connectivity index (χ0) is 20.1. The number of amides is 1. The third-order valence-electron chi connectivity index (χ3n) is 3.81. The summed E-state index contributed by atoms with van der Waals surface area (Å²) in [6.07, 6.45) is 3.71. The minimum Gasteiger partial charge on any atom is -0.507 e. The molecule has 1 amide bonds. The third-order valence-corrected chi connectivity index (χ3v) is 6.28. The van der Waals surface area contributed by atoms with E-state index >= 15 is 0 Å². The topological polar surface area (TPSA) is 90.7 Å². The van der Waals surface area contributed by atoms with Crippen LogP contribution >= 0.6 is 35.7 Å². The van der Waals surface area contributed by atoms with E-state index in [9.17, 15) is 14.7 Å². The van der Waals surface area contributed by atoms with Crippen LogP contribution in [0, 0.1) is 0 Å². The Morgan fingerprint density at radius 2 is 2.07 bits per heavy atom. The van der Waals surface area contributed by atoms with E-state index in [-0.39, 0.29) is 24.6 Å². The molecule has 0 saturated carbocycles. The maximum Gasteiger partial charge on any atom is 0.303 e. The van der Waals surface area contributed by atoms with Crippen LogP contribution in [0.25, 0.3) is 6.08 Å². The summed E-state index contributed by atoms with van der Waals surface area (Å²) < 4.78 is 0.417. The number of carboxylic acid groups (broad SMARTS) is 1. The van der Waals surface area contributed by atoms with Gasteiger partial charge in [-0.3, -0.25) is 14.5 Å². The highest BCUT2D eigenvalue weighted by Gasteiger charge is 2.31. The first-order valence-electron chi connectivity index (χ1n) is 8.33. The summed E-state index contributed by atoms with van der Waals surface area (Å²) in [7, 11) is 0. The van der Waals surface area contributed by atoms with Gasteiger partial charge in [0, 0.05) is 24.7 Å². The number of aromatic nitrogens is 1. The lowest BCUT2D eigenvalue weighted by Gasteiger charge is -2.13. The summed E-state index contributed by atoms with van der Waals surface area (Å²) in [5, 5.41) is 19.4. The molecule has 1 aliphatic heterocycles. The number of pyridine rings is 1. The van der Waals surface area contributed by atoms with Gasteiger partial charge in [-0.25, -0.2) is 4.98 Å². The quantitative estimate of drug-likeness (QED) is 0.501. The maximum absolute atomic E-state index is 12.7. The molecule has 1 aromatic carbocycles. The molecule has 0 spiro atoms. The minimum atomic E-state index is -0.901. The minimum absolute atomic E-state index is 0.0138. The zero-order valence-corrected chi connectivity index (χ0v) is 17.0. The number of carboxylic acids is 1. The van der Waals surface area contributed by atoms with Gasteiger partial charge in [-0.15, -0.1) is 0 Å². The standard InChI is InChI=1S/C19H16N2O4S3/c22-13-6-1-2-7-14(13)27-17-12(5-3-9-20-17)11-15-18(25)21(19(26)28-15)10-4-8-16(23)24/h1-3,5-7,9,11,22H,4,8,10H2,(H,23,24)/b15-11-. The van der Waals surface area contributed by atoms with Crippen molar-refractivity contribution in [3.8, 4) is 5.75 Å². The Bertz CT molecular complexity index is 962. The van der Waals surface area contributed by atoms with Crippen LogP contribution < -0.4 is 0 Å². The summed E-state index contributed by atoms with van der Waals surface area (Å²) >= 11 is 7.77. The Morgan fingerprint density at radius 3 is 2.82 bits per heavy atom. The number of para-hydroxylation sites is 1. The number of carbonyl (C=O) groups is 2. The Kier molecular flexibility index (Phi) is 6.71. The van der Waals surface area contributed by atoms with Crippen molar-refractivity contribution in [1.82, 2.24) is 9.88 Å². The monoisotopic (exact) mass is 432 g/mol. The molecule has 9 heteroatoms. The number of hydrogen-bond acceptors (Lipinski definition) is 7. The largest absolute Gasteiger partial charge is 0.507 e. The first-order valence-corrected chi connectivity index (χ1v) is 10.4. The van der Waals surface area contributed by atoms with Crippen LogP contribution in [0.2, 0.25) is 0 Å². The first-order chi connectivity index (χ1) is 13.5. The fourth-order valence-electron chi connectivity index (χ4n) is 2.47. The molecule has 144 valence electrons. The maximum atomic E-state index is 12.7. The molecule has 1 aliphatic rings. The van der Waals surface area contributed by atoms with Crippen molar-refractivity contribution in [1.29, 1.82) is 0 Å². The summed E-state index contributed by atoms with van der Waals surface area (Å²) in [4.78, 5) is 30.3.